The number of anilines is 2. The van der Waals surface area contributed by atoms with Crippen molar-refractivity contribution in [2.45, 2.75) is 36.5 Å². The van der Waals surface area contributed by atoms with Crippen LogP contribution in [0, 0.1) is 18.3 Å². The normalized spacial score (nSPS) is 12.3. The molecule has 0 amide bonds. The highest BCUT2D eigenvalue weighted by Crippen LogP contribution is 2.37. The molecule has 3 rings (SSSR count). The Kier molecular flexibility index (Phi) is 11.8. The monoisotopic (exact) mass is 690 g/mol. The summed E-state index contributed by atoms with van der Waals surface area (Å²) < 4.78 is 89.5. The van der Waals surface area contributed by atoms with Crippen LogP contribution >= 0.6 is 0 Å². The first kappa shape index (κ1) is 35.9. The predicted molar refractivity (Wildman–Crippen MR) is 170 cm³/mol. The van der Waals surface area contributed by atoms with Crippen LogP contribution in [0.1, 0.15) is 30.9 Å². The van der Waals surface area contributed by atoms with Gasteiger partial charge in [0.05, 0.1) is 27.6 Å². The Morgan fingerprint density at radius 1 is 0.891 bits per heavy atom. The van der Waals surface area contributed by atoms with E-state index in [2.05, 4.69) is 42.7 Å². The lowest BCUT2D eigenvalue weighted by atomic mass is 10.1. The molecule has 0 unspecified atom stereocenters. The van der Waals surface area contributed by atoms with Crippen molar-refractivity contribution in [3.8, 4) is 6.07 Å². The molecule has 0 spiro atoms. The second-order valence-corrected chi connectivity index (χ2v) is 14.4. The van der Waals surface area contributed by atoms with Gasteiger partial charge in [0, 0.05) is 24.1 Å². The summed E-state index contributed by atoms with van der Waals surface area (Å²) in [7, 11) is -12.8. The molecule has 46 heavy (non-hydrogen) atoms. The maximum absolute atomic E-state index is 12.2. The van der Waals surface area contributed by atoms with Crippen LogP contribution in [0.15, 0.2) is 84.7 Å². The minimum atomic E-state index is -4.85. The minimum Gasteiger partial charge on any atom is -0.368 e. The van der Waals surface area contributed by atoms with Crippen molar-refractivity contribution >= 4 is 64.5 Å². The largest absolute Gasteiger partial charge is 0.368 e. The third-order valence-corrected chi connectivity index (χ3v) is 9.21. The summed E-state index contributed by atoms with van der Waals surface area (Å²) in [6.07, 6.45) is 1.60. The summed E-state index contributed by atoms with van der Waals surface area (Å²) in [5.74, 6) is 0.0241. The van der Waals surface area contributed by atoms with Gasteiger partial charge in [-0.05, 0) is 55.8 Å². The van der Waals surface area contributed by atoms with Crippen molar-refractivity contribution in [3.63, 3.8) is 0 Å². The van der Waals surface area contributed by atoms with E-state index in [1.165, 1.54) is 24.3 Å². The topological polar surface area (TPSA) is 253 Å². The molecule has 4 N–H and O–H groups in total. The van der Waals surface area contributed by atoms with Gasteiger partial charge < -0.3 is 10.6 Å². The highest BCUT2D eigenvalue weighted by molar-refractivity contribution is 7.94. The lowest BCUT2D eigenvalue weighted by Gasteiger charge is -2.15. The molecule has 0 saturated heterocycles. The number of pyridine rings is 1. The van der Waals surface area contributed by atoms with E-state index in [1.54, 1.807) is 6.92 Å². The van der Waals surface area contributed by atoms with E-state index in [0.29, 0.717) is 12.1 Å². The van der Waals surface area contributed by atoms with Crippen molar-refractivity contribution in [2.24, 2.45) is 20.5 Å². The number of hydrogen-bond donors (Lipinski definition) is 4. The molecule has 0 aliphatic carbocycles. The second kappa shape index (κ2) is 15.1. The smallest absolute Gasteiger partial charge is 0.296 e. The lowest BCUT2D eigenvalue weighted by Crippen LogP contribution is -2.16. The fourth-order valence-corrected chi connectivity index (χ4v) is 5.42. The number of unbranched alkanes of at least 4 members (excludes halogenated alkanes) is 1. The fourth-order valence-electron chi connectivity index (χ4n) is 3.74. The van der Waals surface area contributed by atoms with Gasteiger partial charge in [0.15, 0.2) is 15.7 Å². The number of rotatable bonds is 15. The second-order valence-electron chi connectivity index (χ2n) is 9.51. The van der Waals surface area contributed by atoms with E-state index in [1.807, 2.05) is 13.0 Å². The highest BCUT2D eigenvalue weighted by atomic mass is 32.2. The lowest BCUT2D eigenvalue weighted by molar-refractivity contribution is 0.481. The average Bonchev–Trinajstić information content (AvgIpc) is 2.99. The number of benzene rings is 2. The highest BCUT2D eigenvalue weighted by Gasteiger charge is 2.20. The third-order valence-electron chi connectivity index (χ3n) is 6.18. The van der Waals surface area contributed by atoms with Crippen LogP contribution in [-0.2, 0) is 30.1 Å². The quantitative estimate of drug-likeness (QED) is 0.0842. The van der Waals surface area contributed by atoms with Crippen LogP contribution in [0.4, 0.5) is 34.4 Å². The third kappa shape index (κ3) is 9.69. The molecule has 1 aromatic heterocycles. The number of nitrogens with one attached hydrogen (secondary N) is 2. The van der Waals surface area contributed by atoms with Crippen LogP contribution in [0.3, 0.4) is 0 Å². The summed E-state index contributed by atoms with van der Waals surface area (Å²) in [5, 5.41) is 32.7. The Balaban J connectivity index is 2.01. The Labute approximate surface area is 266 Å². The molecular weight excluding hydrogens is 661 g/mol. The van der Waals surface area contributed by atoms with Crippen LogP contribution in [0.25, 0.3) is 0 Å². The molecule has 0 radical (unpaired) electrons. The number of azo groups is 2. The molecule has 0 fully saturated rings. The Bertz CT molecular complexity index is 2040. The Morgan fingerprint density at radius 2 is 1.52 bits per heavy atom. The average molecular weight is 691 g/mol. The van der Waals surface area contributed by atoms with E-state index in [4.69, 9.17) is 4.55 Å². The zero-order chi connectivity index (χ0) is 34.1. The molecule has 0 bridgehead atoms. The summed E-state index contributed by atoms with van der Waals surface area (Å²) in [4.78, 5) is 3.43. The maximum atomic E-state index is 12.2. The van der Waals surface area contributed by atoms with Gasteiger partial charge in [0.1, 0.15) is 28.2 Å². The van der Waals surface area contributed by atoms with Crippen LogP contribution in [0.5, 0.6) is 0 Å². The zero-order valence-electron chi connectivity index (χ0n) is 24.6. The molecule has 19 heteroatoms. The van der Waals surface area contributed by atoms with Gasteiger partial charge in [0.2, 0.25) is 0 Å². The van der Waals surface area contributed by atoms with Gasteiger partial charge in [-0.15, -0.1) is 10.2 Å². The van der Waals surface area contributed by atoms with Gasteiger partial charge in [-0.3, -0.25) is 9.11 Å². The molecule has 0 atom stereocenters. The van der Waals surface area contributed by atoms with Gasteiger partial charge in [-0.1, -0.05) is 19.9 Å². The van der Waals surface area contributed by atoms with Crippen molar-refractivity contribution < 1.29 is 34.4 Å². The SMILES string of the molecule is C=CS(=O)(=O)CCNc1nc(NCCCC)c(/N=N/c2ccc(/N=N/c3ccc(S(=O)(=O)O)cc3)cc2S(=O)(=O)O)c(C)c1C#N. The molecule has 1 heterocycles. The summed E-state index contributed by atoms with van der Waals surface area (Å²) in [6, 6.07) is 10.3. The molecule has 0 aliphatic heterocycles. The van der Waals surface area contributed by atoms with Crippen molar-refractivity contribution in [1.29, 1.82) is 5.26 Å². The van der Waals surface area contributed by atoms with Crippen LogP contribution < -0.4 is 10.6 Å². The molecular formula is C27H30N8O8S3. The number of nitrogens with zero attached hydrogens (tertiary/aromatic N) is 6. The number of aromatic nitrogens is 1. The molecule has 16 nitrogen and oxygen atoms in total. The van der Waals surface area contributed by atoms with Crippen LogP contribution in [-0.4, -0.2) is 58.2 Å². The first-order valence-corrected chi connectivity index (χ1v) is 18.0. The summed E-state index contributed by atoms with van der Waals surface area (Å²) in [6.45, 7) is 7.24. The van der Waals surface area contributed by atoms with Gasteiger partial charge >= 0.3 is 0 Å². The Hall–Kier alpha value is -4.61. The van der Waals surface area contributed by atoms with Gasteiger partial charge in [-0.2, -0.15) is 32.3 Å². The fraction of sp³-hybridized carbons (Fsp3) is 0.259. The predicted octanol–water partition coefficient (Wildman–Crippen LogP) is 5.77. The van der Waals surface area contributed by atoms with Gasteiger partial charge in [0.25, 0.3) is 20.2 Å². The number of hydrogen-bond acceptors (Lipinski definition) is 14. The van der Waals surface area contributed by atoms with E-state index < -0.39 is 35.0 Å². The van der Waals surface area contributed by atoms with Crippen molar-refractivity contribution in [3.05, 3.63) is 65.6 Å². The standard InChI is InChI=1S/C27H30N8O8S3/c1-4-6-13-29-27-25(18(3)22(17-28)26(31-27)30-14-15-44(36,37)5-2)35-34-23-12-9-20(16-24(23)46(41,42)43)33-32-19-7-10-21(11-8-19)45(38,39)40/h5,7-12,16H,2,4,6,13-15H2,1,3H3,(H2,29,30,31)(H,38,39,40)(H,41,42,43)/b33-32+,35-34+. The minimum absolute atomic E-state index is 0.00846. The maximum Gasteiger partial charge on any atom is 0.296 e. The van der Waals surface area contributed by atoms with E-state index >= 15 is 0 Å². The molecule has 0 aliphatic rings. The van der Waals surface area contributed by atoms with E-state index in [0.717, 1.165) is 36.4 Å². The van der Waals surface area contributed by atoms with Gasteiger partial charge in [-0.25, -0.2) is 13.4 Å². The summed E-state index contributed by atoms with van der Waals surface area (Å²) >= 11 is 0. The molecule has 2 aromatic carbocycles. The zero-order valence-corrected chi connectivity index (χ0v) is 27.1. The number of nitriles is 1. The summed E-state index contributed by atoms with van der Waals surface area (Å²) in [5.41, 5.74) is 0.383. The first-order chi connectivity index (χ1) is 21.6. The van der Waals surface area contributed by atoms with E-state index in [-0.39, 0.29) is 57.1 Å². The molecule has 3 aromatic rings. The van der Waals surface area contributed by atoms with Crippen LogP contribution in [0.2, 0.25) is 0 Å². The van der Waals surface area contributed by atoms with Crippen molar-refractivity contribution in [2.75, 3.05) is 29.5 Å². The molecule has 244 valence electrons. The van der Waals surface area contributed by atoms with E-state index in [9.17, 15) is 35.1 Å². The van der Waals surface area contributed by atoms with Crippen molar-refractivity contribution in [1.82, 2.24) is 4.98 Å². The number of sulfone groups is 1. The first-order valence-electron chi connectivity index (χ1n) is 13.4. The molecule has 0 saturated carbocycles. The Morgan fingerprint density at radius 3 is 2.11 bits per heavy atom.